The number of para-hydroxylation sites is 1. The highest BCUT2D eigenvalue weighted by Gasteiger charge is 2.21. The van der Waals surface area contributed by atoms with E-state index in [9.17, 15) is 14.9 Å². The average molecular weight is 522 g/mol. The molecule has 0 aliphatic rings. The third-order valence-electron chi connectivity index (χ3n) is 5.87. The zero-order valence-electron chi connectivity index (χ0n) is 20.2. The van der Waals surface area contributed by atoms with Crippen molar-refractivity contribution in [3.05, 3.63) is 137 Å². The van der Waals surface area contributed by atoms with Crippen LogP contribution >= 0.6 is 11.8 Å². The van der Waals surface area contributed by atoms with Gasteiger partial charge in [0.05, 0.1) is 16.7 Å². The fourth-order valence-corrected chi connectivity index (χ4v) is 4.86. The van der Waals surface area contributed by atoms with Crippen LogP contribution in [0.5, 0.6) is 0 Å². The number of aromatic nitrogens is 3. The van der Waals surface area contributed by atoms with E-state index < -0.39 is 4.92 Å². The first kappa shape index (κ1) is 24.9. The van der Waals surface area contributed by atoms with Gasteiger partial charge in [-0.1, -0.05) is 103 Å². The molecule has 9 heteroatoms. The van der Waals surface area contributed by atoms with Crippen LogP contribution in [-0.4, -0.2) is 31.3 Å². The first-order valence-electron chi connectivity index (χ1n) is 11.9. The van der Waals surface area contributed by atoms with E-state index in [4.69, 9.17) is 0 Å². The number of non-ortho nitro benzene ring substituents is 1. The summed E-state index contributed by atoms with van der Waals surface area (Å²) in [7, 11) is 0. The number of hydrogen-bond donors (Lipinski definition) is 1. The van der Waals surface area contributed by atoms with E-state index in [-0.39, 0.29) is 23.4 Å². The van der Waals surface area contributed by atoms with Crippen LogP contribution in [0, 0.1) is 10.1 Å². The smallest absolute Gasteiger partial charge is 0.270 e. The van der Waals surface area contributed by atoms with Crippen molar-refractivity contribution in [1.29, 1.82) is 0 Å². The maximum Gasteiger partial charge on any atom is 0.270 e. The van der Waals surface area contributed by atoms with Gasteiger partial charge in [-0.15, -0.1) is 10.2 Å². The van der Waals surface area contributed by atoms with E-state index in [1.807, 2.05) is 95.6 Å². The third kappa shape index (κ3) is 5.63. The Morgan fingerprint density at radius 2 is 1.45 bits per heavy atom. The van der Waals surface area contributed by atoms with Gasteiger partial charge in [0.15, 0.2) is 11.0 Å². The fraction of sp³-hybridized carbons (Fsp3) is 0.0690. The lowest BCUT2D eigenvalue weighted by Crippen LogP contribution is -2.30. The summed E-state index contributed by atoms with van der Waals surface area (Å²) in [5.41, 5.74) is 3.27. The molecular formula is C29H23N5O3S. The monoisotopic (exact) mass is 521 g/mol. The van der Waals surface area contributed by atoms with Gasteiger partial charge < -0.3 is 5.32 Å². The minimum atomic E-state index is -0.442. The van der Waals surface area contributed by atoms with Gasteiger partial charge >= 0.3 is 0 Å². The molecule has 1 N–H and O–H groups in total. The summed E-state index contributed by atoms with van der Waals surface area (Å²) in [5.74, 6) is 0.400. The lowest BCUT2D eigenvalue weighted by atomic mass is 9.99. The molecule has 0 saturated heterocycles. The summed E-state index contributed by atoms with van der Waals surface area (Å²) in [5, 5.41) is 23.7. The molecule has 38 heavy (non-hydrogen) atoms. The summed E-state index contributed by atoms with van der Waals surface area (Å²) in [4.78, 5) is 24.0. The Bertz CT molecular complexity index is 1500. The highest BCUT2D eigenvalue weighted by Crippen LogP contribution is 2.30. The molecule has 0 atom stereocenters. The summed E-state index contributed by atoms with van der Waals surface area (Å²) in [6, 6.07) is 35.1. The Balaban J connectivity index is 1.41. The number of nitrogens with one attached hydrogen (secondary N) is 1. The second-order valence-corrected chi connectivity index (χ2v) is 9.34. The Labute approximate surface area is 223 Å². The maximum absolute atomic E-state index is 13.2. The van der Waals surface area contributed by atoms with Crippen molar-refractivity contribution in [1.82, 2.24) is 20.1 Å². The van der Waals surface area contributed by atoms with Gasteiger partial charge in [-0.05, 0) is 23.3 Å². The maximum atomic E-state index is 13.2. The van der Waals surface area contributed by atoms with Crippen molar-refractivity contribution in [3.8, 4) is 17.1 Å². The molecule has 0 bridgehead atoms. The molecule has 0 fully saturated rings. The van der Waals surface area contributed by atoms with E-state index in [0.717, 1.165) is 16.8 Å². The molecule has 188 valence electrons. The minimum Gasteiger partial charge on any atom is -0.344 e. The number of nitrogens with zero attached hydrogens (tertiary/aromatic N) is 4. The molecule has 4 aromatic carbocycles. The number of amides is 1. The van der Waals surface area contributed by atoms with E-state index in [1.54, 1.807) is 12.1 Å². The zero-order chi connectivity index (χ0) is 26.3. The molecule has 5 rings (SSSR count). The van der Waals surface area contributed by atoms with Crippen molar-refractivity contribution in [2.24, 2.45) is 0 Å². The number of nitro benzene ring substituents is 1. The van der Waals surface area contributed by atoms with Gasteiger partial charge in [0.2, 0.25) is 5.91 Å². The van der Waals surface area contributed by atoms with Crippen LogP contribution < -0.4 is 5.32 Å². The molecule has 0 aliphatic heterocycles. The Morgan fingerprint density at radius 1 is 0.842 bits per heavy atom. The molecule has 5 aromatic rings. The van der Waals surface area contributed by atoms with Crippen molar-refractivity contribution < 1.29 is 9.72 Å². The van der Waals surface area contributed by atoms with Crippen LogP contribution in [0.2, 0.25) is 0 Å². The topological polar surface area (TPSA) is 103 Å². The van der Waals surface area contributed by atoms with E-state index >= 15 is 0 Å². The van der Waals surface area contributed by atoms with Crippen molar-refractivity contribution in [2.45, 2.75) is 11.2 Å². The summed E-state index contributed by atoms with van der Waals surface area (Å²) in [6.07, 6.45) is 0. The molecule has 0 radical (unpaired) electrons. The SMILES string of the molecule is O=C(CSc1nnc(-c2cccc([N+](=O)[O-])c2)n1-c1ccccc1)NC(c1ccccc1)c1ccccc1. The summed E-state index contributed by atoms with van der Waals surface area (Å²) >= 11 is 1.25. The number of benzene rings is 4. The van der Waals surface area contributed by atoms with Gasteiger partial charge in [0.25, 0.3) is 5.69 Å². The van der Waals surface area contributed by atoms with Crippen LogP contribution in [0.3, 0.4) is 0 Å². The normalized spacial score (nSPS) is 10.9. The second-order valence-electron chi connectivity index (χ2n) is 8.40. The first-order chi connectivity index (χ1) is 18.6. The average Bonchev–Trinajstić information content (AvgIpc) is 3.40. The Morgan fingerprint density at radius 3 is 2.05 bits per heavy atom. The lowest BCUT2D eigenvalue weighted by Gasteiger charge is -2.20. The van der Waals surface area contributed by atoms with Crippen LogP contribution in [0.25, 0.3) is 17.1 Å². The molecule has 0 aliphatic carbocycles. The summed E-state index contributed by atoms with van der Waals surface area (Å²) in [6.45, 7) is 0. The highest BCUT2D eigenvalue weighted by molar-refractivity contribution is 7.99. The molecule has 8 nitrogen and oxygen atoms in total. The molecule has 0 unspecified atom stereocenters. The van der Waals surface area contributed by atoms with Crippen LogP contribution in [-0.2, 0) is 4.79 Å². The molecule has 0 saturated carbocycles. The number of hydrogen-bond acceptors (Lipinski definition) is 6. The van der Waals surface area contributed by atoms with Gasteiger partial charge in [0.1, 0.15) is 0 Å². The van der Waals surface area contributed by atoms with Gasteiger partial charge in [-0.2, -0.15) is 0 Å². The molecule has 0 spiro atoms. The van der Waals surface area contributed by atoms with E-state index in [0.29, 0.717) is 16.5 Å². The Kier molecular flexibility index (Phi) is 7.56. The number of thioether (sulfide) groups is 1. The molecule has 1 aromatic heterocycles. The largest absolute Gasteiger partial charge is 0.344 e. The number of carbonyl (C=O) groups excluding carboxylic acids is 1. The third-order valence-corrected chi connectivity index (χ3v) is 6.80. The second kappa shape index (κ2) is 11.5. The van der Waals surface area contributed by atoms with Crippen LogP contribution in [0.4, 0.5) is 5.69 Å². The fourth-order valence-electron chi connectivity index (χ4n) is 4.10. The number of rotatable bonds is 9. The van der Waals surface area contributed by atoms with Crippen molar-refractivity contribution >= 4 is 23.4 Å². The van der Waals surface area contributed by atoms with Gasteiger partial charge in [0, 0.05) is 23.4 Å². The number of carbonyl (C=O) groups is 1. The highest BCUT2D eigenvalue weighted by atomic mass is 32.2. The molecular weight excluding hydrogens is 498 g/mol. The standard InChI is InChI=1S/C29H23N5O3S/c35-26(30-27(21-11-4-1-5-12-21)22-13-6-2-7-14-22)20-38-29-32-31-28(33(29)24-16-8-3-9-17-24)23-15-10-18-25(19-23)34(36)37/h1-19,27H,20H2,(H,30,35). The minimum absolute atomic E-state index is 0.0356. The first-order valence-corrected chi connectivity index (χ1v) is 12.9. The summed E-state index contributed by atoms with van der Waals surface area (Å²) < 4.78 is 1.81. The number of nitro groups is 1. The van der Waals surface area contributed by atoms with Crippen molar-refractivity contribution in [3.63, 3.8) is 0 Å². The molecule has 1 amide bonds. The van der Waals surface area contributed by atoms with E-state index in [2.05, 4.69) is 15.5 Å². The van der Waals surface area contributed by atoms with E-state index in [1.165, 1.54) is 23.9 Å². The predicted molar refractivity (Wildman–Crippen MR) is 147 cm³/mol. The van der Waals surface area contributed by atoms with Gasteiger partial charge in [-0.25, -0.2) is 0 Å². The zero-order valence-corrected chi connectivity index (χ0v) is 21.0. The molecule has 1 heterocycles. The van der Waals surface area contributed by atoms with Crippen molar-refractivity contribution in [2.75, 3.05) is 5.75 Å². The lowest BCUT2D eigenvalue weighted by molar-refractivity contribution is -0.384. The predicted octanol–water partition coefficient (Wildman–Crippen LogP) is 5.84. The quantitative estimate of drug-likeness (QED) is 0.148. The Hall–Kier alpha value is -4.76. The van der Waals surface area contributed by atoms with Crippen LogP contribution in [0.1, 0.15) is 17.2 Å². The van der Waals surface area contributed by atoms with Crippen LogP contribution in [0.15, 0.2) is 120 Å². The van der Waals surface area contributed by atoms with Gasteiger partial charge in [-0.3, -0.25) is 19.5 Å².